The summed E-state index contributed by atoms with van der Waals surface area (Å²) >= 11 is 5.98. The summed E-state index contributed by atoms with van der Waals surface area (Å²) in [4.78, 5) is 35.5. The van der Waals surface area contributed by atoms with Gasteiger partial charge in [-0.05, 0) is 55.7 Å². The van der Waals surface area contributed by atoms with E-state index in [0.717, 1.165) is 16.7 Å². The van der Waals surface area contributed by atoms with Crippen molar-refractivity contribution >= 4 is 35.1 Å². The van der Waals surface area contributed by atoms with E-state index in [-0.39, 0.29) is 19.1 Å². The van der Waals surface area contributed by atoms with Crippen LogP contribution < -0.4 is 15.4 Å². The van der Waals surface area contributed by atoms with Crippen LogP contribution in [0.1, 0.15) is 16.7 Å². The van der Waals surface area contributed by atoms with Crippen LogP contribution in [0.5, 0.6) is 5.75 Å². The molecule has 0 saturated carbocycles. The van der Waals surface area contributed by atoms with Crippen molar-refractivity contribution in [2.75, 3.05) is 25.1 Å². The van der Waals surface area contributed by atoms with E-state index < -0.39 is 18.5 Å². The van der Waals surface area contributed by atoms with Crippen LogP contribution >= 0.6 is 11.6 Å². The molecule has 0 aliphatic rings. The molecule has 0 saturated heterocycles. The lowest BCUT2D eigenvalue weighted by Crippen LogP contribution is -2.36. The Bertz CT molecular complexity index is 914. The van der Waals surface area contributed by atoms with Gasteiger partial charge in [-0.3, -0.25) is 9.59 Å². The molecule has 7 nitrogen and oxygen atoms in total. The molecule has 0 unspecified atom stereocenters. The van der Waals surface area contributed by atoms with E-state index >= 15 is 0 Å². The summed E-state index contributed by atoms with van der Waals surface area (Å²) in [6, 6.07) is 10.7. The third-order valence-corrected chi connectivity index (χ3v) is 4.43. The van der Waals surface area contributed by atoms with Crippen LogP contribution in [0.2, 0.25) is 5.02 Å². The molecule has 2 N–H and O–H groups in total. The van der Waals surface area contributed by atoms with Crippen molar-refractivity contribution in [3.63, 3.8) is 0 Å². The molecule has 0 aliphatic carbocycles. The average molecular weight is 419 g/mol. The highest BCUT2D eigenvalue weighted by Gasteiger charge is 2.12. The molecule has 0 radical (unpaired) electrons. The van der Waals surface area contributed by atoms with Gasteiger partial charge in [-0.15, -0.1) is 0 Å². The predicted molar refractivity (Wildman–Crippen MR) is 110 cm³/mol. The fourth-order valence-corrected chi connectivity index (χ4v) is 2.53. The first-order chi connectivity index (χ1) is 13.8. The smallest absolute Gasteiger partial charge is 0.344 e. The van der Waals surface area contributed by atoms with Crippen LogP contribution in [-0.2, 0) is 19.1 Å². The van der Waals surface area contributed by atoms with E-state index in [1.54, 1.807) is 18.2 Å². The molecule has 2 rings (SSSR count). The van der Waals surface area contributed by atoms with E-state index in [1.807, 2.05) is 39.0 Å². The number of hydrogen-bond donors (Lipinski definition) is 2. The number of esters is 1. The third kappa shape index (κ3) is 7.12. The number of benzene rings is 2. The second-order valence-corrected chi connectivity index (χ2v) is 6.86. The van der Waals surface area contributed by atoms with E-state index in [4.69, 9.17) is 21.1 Å². The third-order valence-electron chi connectivity index (χ3n) is 4.12. The molecule has 0 spiro atoms. The maximum absolute atomic E-state index is 12.0. The Kier molecular flexibility index (Phi) is 8.03. The van der Waals surface area contributed by atoms with Gasteiger partial charge in [-0.2, -0.15) is 0 Å². The SMILES string of the molecule is Cc1ccc(Cl)c(OCC(=O)OCC(=O)NCC(=O)Nc2cccc(C)c2C)c1. The van der Waals surface area contributed by atoms with Crippen LogP contribution in [0, 0.1) is 20.8 Å². The van der Waals surface area contributed by atoms with Gasteiger partial charge in [0.2, 0.25) is 5.91 Å². The van der Waals surface area contributed by atoms with Crippen molar-refractivity contribution in [1.29, 1.82) is 0 Å². The zero-order valence-corrected chi connectivity index (χ0v) is 17.3. The first-order valence-corrected chi connectivity index (χ1v) is 9.31. The Balaban J connectivity index is 1.69. The number of aryl methyl sites for hydroxylation is 2. The minimum Gasteiger partial charge on any atom is -0.480 e. The molecule has 0 atom stereocenters. The number of halogens is 1. The average Bonchev–Trinajstić information content (AvgIpc) is 2.69. The lowest BCUT2D eigenvalue weighted by Gasteiger charge is -2.11. The van der Waals surface area contributed by atoms with E-state index in [0.29, 0.717) is 16.5 Å². The lowest BCUT2D eigenvalue weighted by molar-refractivity contribution is -0.150. The fourth-order valence-electron chi connectivity index (χ4n) is 2.36. The number of carbonyl (C=O) groups is 3. The normalized spacial score (nSPS) is 10.2. The summed E-state index contributed by atoms with van der Waals surface area (Å²) in [6.07, 6.45) is 0. The first-order valence-electron chi connectivity index (χ1n) is 8.93. The topological polar surface area (TPSA) is 93.7 Å². The highest BCUT2D eigenvalue weighted by molar-refractivity contribution is 6.32. The number of anilines is 1. The van der Waals surface area contributed by atoms with Crippen LogP contribution in [0.3, 0.4) is 0 Å². The van der Waals surface area contributed by atoms with Gasteiger partial charge in [0.25, 0.3) is 5.91 Å². The Labute approximate surface area is 174 Å². The van der Waals surface area contributed by atoms with Crippen LogP contribution in [0.15, 0.2) is 36.4 Å². The number of amides is 2. The zero-order valence-electron chi connectivity index (χ0n) is 16.5. The predicted octanol–water partition coefficient (Wildman–Crippen LogP) is 2.94. The van der Waals surface area contributed by atoms with Gasteiger partial charge in [-0.1, -0.05) is 29.8 Å². The Morgan fingerprint density at radius 2 is 1.76 bits per heavy atom. The molecule has 0 bridgehead atoms. The van der Waals surface area contributed by atoms with E-state index in [2.05, 4.69) is 10.6 Å². The Morgan fingerprint density at radius 1 is 1.00 bits per heavy atom. The monoisotopic (exact) mass is 418 g/mol. The van der Waals surface area contributed by atoms with Crippen LogP contribution in [0.25, 0.3) is 0 Å². The van der Waals surface area contributed by atoms with Crippen LogP contribution in [-0.4, -0.2) is 37.5 Å². The highest BCUT2D eigenvalue weighted by atomic mass is 35.5. The second-order valence-electron chi connectivity index (χ2n) is 6.46. The van der Waals surface area contributed by atoms with E-state index in [1.165, 1.54) is 0 Å². The zero-order chi connectivity index (χ0) is 21.4. The summed E-state index contributed by atoms with van der Waals surface area (Å²) in [6.45, 7) is 4.57. The van der Waals surface area contributed by atoms with Crippen molar-refractivity contribution in [3.05, 3.63) is 58.1 Å². The summed E-state index contributed by atoms with van der Waals surface area (Å²) in [5.41, 5.74) is 3.61. The molecule has 0 aromatic heterocycles. The molecule has 2 amide bonds. The molecule has 29 heavy (non-hydrogen) atoms. The first kappa shape index (κ1) is 22.2. The number of rotatable bonds is 8. The maximum atomic E-state index is 12.0. The molecule has 8 heteroatoms. The second kappa shape index (κ2) is 10.5. The minimum absolute atomic E-state index is 0.237. The summed E-state index contributed by atoms with van der Waals surface area (Å²) in [5.74, 6) is -1.34. The molecule has 0 heterocycles. The molecular weight excluding hydrogens is 396 g/mol. The number of ether oxygens (including phenoxy) is 2. The molecule has 2 aromatic carbocycles. The Hall–Kier alpha value is -3.06. The van der Waals surface area contributed by atoms with Crippen molar-refractivity contribution in [2.24, 2.45) is 0 Å². The maximum Gasteiger partial charge on any atom is 0.344 e. The van der Waals surface area contributed by atoms with Crippen molar-refractivity contribution in [3.8, 4) is 5.75 Å². The molecule has 2 aromatic rings. The standard InChI is InChI=1S/C21H23ClN2O5/c1-13-7-8-16(22)18(9-13)28-12-21(27)29-11-20(26)23-10-19(25)24-17-6-4-5-14(2)15(17)3/h4-9H,10-12H2,1-3H3,(H,23,26)(H,24,25). The van der Waals surface area contributed by atoms with Gasteiger partial charge in [0.05, 0.1) is 11.6 Å². The minimum atomic E-state index is -0.724. The van der Waals surface area contributed by atoms with Crippen molar-refractivity contribution < 1.29 is 23.9 Å². The molecular formula is C21H23ClN2O5. The molecule has 0 aliphatic heterocycles. The highest BCUT2D eigenvalue weighted by Crippen LogP contribution is 2.25. The molecule has 154 valence electrons. The van der Waals surface area contributed by atoms with Gasteiger partial charge in [0, 0.05) is 5.69 Å². The molecule has 0 fully saturated rings. The number of hydrogen-bond acceptors (Lipinski definition) is 5. The van der Waals surface area contributed by atoms with Gasteiger partial charge in [-0.25, -0.2) is 4.79 Å². The lowest BCUT2D eigenvalue weighted by atomic mass is 10.1. The van der Waals surface area contributed by atoms with Gasteiger partial charge >= 0.3 is 5.97 Å². The quantitative estimate of drug-likeness (QED) is 0.643. The fraction of sp³-hybridized carbons (Fsp3) is 0.286. The van der Waals surface area contributed by atoms with Crippen molar-refractivity contribution in [1.82, 2.24) is 5.32 Å². The van der Waals surface area contributed by atoms with E-state index in [9.17, 15) is 14.4 Å². The summed E-state index contributed by atoms with van der Waals surface area (Å²) < 4.78 is 10.1. The van der Waals surface area contributed by atoms with Gasteiger partial charge in [0.1, 0.15) is 5.75 Å². The Morgan fingerprint density at radius 3 is 2.52 bits per heavy atom. The van der Waals surface area contributed by atoms with Gasteiger partial charge < -0.3 is 20.1 Å². The summed E-state index contributed by atoms with van der Waals surface area (Å²) in [7, 11) is 0. The van der Waals surface area contributed by atoms with Crippen LogP contribution in [0.4, 0.5) is 5.69 Å². The number of carbonyl (C=O) groups excluding carboxylic acids is 3. The number of nitrogens with one attached hydrogen (secondary N) is 2. The largest absolute Gasteiger partial charge is 0.480 e. The van der Waals surface area contributed by atoms with Crippen molar-refractivity contribution in [2.45, 2.75) is 20.8 Å². The van der Waals surface area contributed by atoms with Gasteiger partial charge in [0.15, 0.2) is 13.2 Å². The summed E-state index contributed by atoms with van der Waals surface area (Å²) in [5, 5.41) is 5.49.